The second kappa shape index (κ2) is 8.81. The summed E-state index contributed by atoms with van der Waals surface area (Å²) in [4.78, 5) is 15.3. The van der Waals surface area contributed by atoms with Crippen molar-refractivity contribution in [2.75, 3.05) is 20.6 Å². The van der Waals surface area contributed by atoms with Gasteiger partial charge >= 0.3 is 0 Å². The molecule has 1 aromatic rings. The highest BCUT2D eigenvalue weighted by Gasteiger charge is 2.34. The molecule has 0 spiro atoms. The summed E-state index contributed by atoms with van der Waals surface area (Å²) in [5.74, 6) is -0.249. The van der Waals surface area contributed by atoms with E-state index in [1.165, 1.54) is 25.0 Å². The molecule has 28 heavy (non-hydrogen) atoms. The lowest BCUT2D eigenvalue weighted by Crippen LogP contribution is -2.52. The molecule has 1 aromatic carbocycles. The van der Waals surface area contributed by atoms with E-state index in [1.807, 2.05) is 0 Å². The number of benzene rings is 1. The summed E-state index contributed by atoms with van der Waals surface area (Å²) in [5, 5.41) is 3.07. The maximum atomic E-state index is 12.9. The molecule has 2 fully saturated rings. The summed E-state index contributed by atoms with van der Waals surface area (Å²) in [6, 6.07) is 4.64. The number of carbonyl (C=O) groups excluding carboxylic acids is 1. The zero-order valence-corrected chi connectivity index (χ0v) is 19.0. The quantitative estimate of drug-likeness (QED) is 0.598. The first-order valence-corrected chi connectivity index (χ1v) is 12.3. The minimum absolute atomic E-state index is 0.0288. The van der Waals surface area contributed by atoms with E-state index in [0.29, 0.717) is 16.6 Å². The van der Waals surface area contributed by atoms with Gasteiger partial charge in [0.05, 0.1) is 10.5 Å². The molecule has 1 amide bonds. The van der Waals surface area contributed by atoms with E-state index in [-0.39, 0.29) is 22.4 Å². The zero-order chi connectivity index (χ0) is 20.4. The number of rotatable bonds is 7. The van der Waals surface area contributed by atoms with Crippen LogP contribution in [0.1, 0.15) is 61.7 Å². The first kappa shape index (κ1) is 21.7. The number of nitrogens with zero attached hydrogens (tertiary/aromatic N) is 1. The third kappa shape index (κ3) is 5.14. The molecular formula is C20H30BrN3O3S. The van der Waals surface area contributed by atoms with Gasteiger partial charge < -0.3 is 10.2 Å². The van der Waals surface area contributed by atoms with Crippen molar-refractivity contribution in [1.29, 1.82) is 0 Å². The van der Waals surface area contributed by atoms with Crippen molar-refractivity contribution < 1.29 is 13.2 Å². The van der Waals surface area contributed by atoms with Crippen LogP contribution in [0.3, 0.4) is 0 Å². The Bertz CT molecular complexity index is 814. The number of hydrogen-bond acceptors (Lipinski definition) is 4. The molecule has 0 heterocycles. The van der Waals surface area contributed by atoms with Crippen LogP contribution in [0.5, 0.6) is 0 Å². The Kier molecular flexibility index (Phi) is 6.84. The fourth-order valence-electron chi connectivity index (χ4n) is 3.84. The molecule has 0 aliphatic heterocycles. The summed E-state index contributed by atoms with van der Waals surface area (Å²) >= 11 is 3.40. The fraction of sp³-hybridized carbons (Fsp3) is 0.650. The maximum absolute atomic E-state index is 12.9. The summed E-state index contributed by atoms with van der Waals surface area (Å²) in [7, 11) is 0.552. The second-order valence-corrected chi connectivity index (χ2v) is 10.8. The maximum Gasteiger partial charge on any atom is 0.252 e. The molecule has 2 saturated carbocycles. The Hall–Kier alpha value is -0.960. The highest BCUT2D eigenvalue weighted by Crippen LogP contribution is 2.31. The van der Waals surface area contributed by atoms with Gasteiger partial charge in [-0.05, 0) is 73.9 Å². The topological polar surface area (TPSA) is 78.5 Å². The summed E-state index contributed by atoms with van der Waals surface area (Å²) in [6.07, 6.45) is 8.66. The predicted molar refractivity (Wildman–Crippen MR) is 114 cm³/mol. The van der Waals surface area contributed by atoms with Gasteiger partial charge in [0.1, 0.15) is 0 Å². The van der Waals surface area contributed by atoms with E-state index in [2.05, 4.69) is 45.0 Å². The lowest BCUT2D eigenvalue weighted by molar-refractivity contribution is 0.0868. The predicted octanol–water partition coefficient (Wildman–Crippen LogP) is 3.27. The average Bonchev–Trinajstić information content (AvgIpc) is 3.46. The van der Waals surface area contributed by atoms with Gasteiger partial charge in [-0.2, -0.15) is 0 Å². The Morgan fingerprint density at radius 1 is 1.18 bits per heavy atom. The standard InChI is InChI=1S/C20H30BrN3O3S/c1-24(2)20(11-5-3-4-6-12-20)14-22-19(25)17-13-16(9-10-18(17)21)28(26,27)23-15-7-8-15/h9-10,13,15,23H,3-8,11-12,14H2,1-2H3,(H,22,25). The van der Waals surface area contributed by atoms with E-state index >= 15 is 0 Å². The van der Waals surface area contributed by atoms with E-state index in [1.54, 1.807) is 6.07 Å². The number of amides is 1. The van der Waals surface area contributed by atoms with Gasteiger partial charge in [-0.1, -0.05) is 25.7 Å². The van der Waals surface area contributed by atoms with E-state index in [4.69, 9.17) is 0 Å². The normalized spacial score (nSPS) is 20.0. The fourth-order valence-corrected chi connectivity index (χ4v) is 5.60. The summed E-state index contributed by atoms with van der Waals surface area (Å²) < 4.78 is 28.2. The molecule has 2 N–H and O–H groups in total. The van der Waals surface area contributed by atoms with Gasteiger partial charge in [0.2, 0.25) is 10.0 Å². The molecule has 0 saturated heterocycles. The van der Waals surface area contributed by atoms with E-state index in [9.17, 15) is 13.2 Å². The van der Waals surface area contributed by atoms with Gasteiger partial charge in [0.25, 0.3) is 5.91 Å². The Balaban J connectivity index is 1.75. The van der Waals surface area contributed by atoms with Crippen LogP contribution in [0.2, 0.25) is 0 Å². The molecule has 0 bridgehead atoms. The number of sulfonamides is 1. The third-order valence-corrected chi connectivity index (χ3v) is 8.16. The number of nitrogens with one attached hydrogen (secondary N) is 2. The molecular weight excluding hydrogens is 442 g/mol. The Morgan fingerprint density at radius 3 is 2.39 bits per heavy atom. The van der Waals surface area contributed by atoms with Gasteiger partial charge in [0.15, 0.2) is 0 Å². The monoisotopic (exact) mass is 471 g/mol. The first-order chi connectivity index (χ1) is 13.2. The lowest BCUT2D eigenvalue weighted by atomic mass is 9.88. The highest BCUT2D eigenvalue weighted by molar-refractivity contribution is 9.10. The summed E-state index contributed by atoms with van der Waals surface area (Å²) in [5.41, 5.74) is 0.303. The molecule has 0 radical (unpaired) electrons. The molecule has 0 atom stereocenters. The molecule has 0 unspecified atom stereocenters. The van der Waals surface area contributed by atoms with Gasteiger partial charge in [-0.3, -0.25) is 4.79 Å². The van der Waals surface area contributed by atoms with E-state index in [0.717, 1.165) is 38.5 Å². The van der Waals surface area contributed by atoms with Crippen LogP contribution in [-0.2, 0) is 10.0 Å². The molecule has 2 aliphatic carbocycles. The van der Waals surface area contributed by atoms with Crippen molar-refractivity contribution >= 4 is 31.9 Å². The lowest BCUT2D eigenvalue weighted by Gasteiger charge is -2.39. The van der Waals surface area contributed by atoms with Crippen molar-refractivity contribution in [3.63, 3.8) is 0 Å². The minimum Gasteiger partial charge on any atom is -0.350 e. The Labute approximate surface area is 176 Å². The van der Waals surface area contributed by atoms with Crippen LogP contribution in [0, 0.1) is 0 Å². The van der Waals surface area contributed by atoms with Crippen molar-refractivity contribution in [2.24, 2.45) is 0 Å². The van der Waals surface area contributed by atoms with Crippen LogP contribution in [0.25, 0.3) is 0 Å². The number of hydrogen-bond donors (Lipinski definition) is 2. The molecule has 3 rings (SSSR count). The summed E-state index contributed by atoms with van der Waals surface area (Å²) in [6.45, 7) is 0.558. The average molecular weight is 472 g/mol. The molecule has 0 aromatic heterocycles. The van der Waals surface area contributed by atoms with Crippen molar-refractivity contribution in [2.45, 2.75) is 67.8 Å². The largest absolute Gasteiger partial charge is 0.350 e. The van der Waals surface area contributed by atoms with Crippen LogP contribution < -0.4 is 10.0 Å². The SMILES string of the molecule is CN(C)C1(CNC(=O)c2cc(S(=O)(=O)NC3CC3)ccc2Br)CCCCCC1. The zero-order valence-electron chi connectivity index (χ0n) is 16.6. The number of likely N-dealkylation sites (N-methyl/N-ethyl adjacent to an activating group) is 1. The number of halogens is 1. The molecule has 6 nitrogen and oxygen atoms in total. The minimum atomic E-state index is -3.59. The second-order valence-electron chi connectivity index (χ2n) is 8.25. The van der Waals surface area contributed by atoms with Gasteiger partial charge in [-0.15, -0.1) is 0 Å². The molecule has 2 aliphatic rings. The van der Waals surface area contributed by atoms with Crippen molar-refractivity contribution in [1.82, 2.24) is 14.9 Å². The van der Waals surface area contributed by atoms with Crippen molar-refractivity contribution in [3.8, 4) is 0 Å². The first-order valence-electron chi connectivity index (χ1n) is 10.0. The van der Waals surface area contributed by atoms with Crippen LogP contribution in [0.4, 0.5) is 0 Å². The van der Waals surface area contributed by atoms with Crippen molar-refractivity contribution in [3.05, 3.63) is 28.2 Å². The van der Waals surface area contributed by atoms with Crippen LogP contribution in [-0.4, -0.2) is 51.4 Å². The third-order valence-electron chi connectivity index (χ3n) is 5.95. The highest BCUT2D eigenvalue weighted by atomic mass is 79.9. The van der Waals surface area contributed by atoms with Gasteiger partial charge in [-0.25, -0.2) is 13.1 Å². The van der Waals surface area contributed by atoms with Gasteiger partial charge in [0, 0.05) is 22.6 Å². The smallest absolute Gasteiger partial charge is 0.252 e. The number of carbonyl (C=O) groups is 1. The molecule has 156 valence electrons. The van der Waals surface area contributed by atoms with Crippen LogP contribution >= 0.6 is 15.9 Å². The van der Waals surface area contributed by atoms with Crippen LogP contribution in [0.15, 0.2) is 27.6 Å². The molecule has 8 heteroatoms. The van der Waals surface area contributed by atoms with E-state index < -0.39 is 10.0 Å². The Morgan fingerprint density at radius 2 is 1.82 bits per heavy atom.